The van der Waals surface area contributed by atoms with Crippen molar-refractivity contribution in [1.29, 1.82) is 0 Å². The standard InChI is InChI=1S/C32H32N4O3S/c1-5-35(6-2)25-16-12-22(13-17-25)20-27-31(38)36-29(23-14-18-26(39-4)19-15-23)28(21(3)33-32(36)40-27)30(37)34-24-10-8-7-9-11-24/h7-20,29H,5-6H2,1-4H3,(H,34,37)/b27-20+/t29-/m1/s1. The Kier molecular flexibility index (Phi) is 7.98. The molecular weight excluding hydrogens is 520 g/mol. The number of allylic oxidation sites excluding steroid dienone is 1. The van der Waals surface area contributed by atoms with E-state index in [1.807, 2.05) is 79.7 Å². The summed E-state index contributed by atoms with van der Waals surface area (Å²) in [5.41, 5.74) is 4.36. The smallest absolute Gasteiger partial charge is 0.271 e. The first kappa shape index (κ1) is 27.1. The second kappa shape index (κ2) is 11.8. The van der Waals surface area contributed by atoms with Gasteiger partial charge in [0, 0.05) is 24.5 Å². The zero-order valence-electron chi connectivity index (χ0n) is 23.0. The highest BCUT2D eigenvalue weighted by Gasteiger charge is 2.32. The van der Waals surface area contributed by atoms with Crippen LogP contribution >= 0.6 is 11.3 Å². The summed E-state index contributed by atoms with van der Waals surface area (Å²) in [5, 5.41) is 2.98. The molecule has 1 aromatic heterocycles. The number of rotatable bonds is 8. The predicted molar refractivity (Wildman–Crippen MR) is 162 cm³/mol. The van der Waals surface area contributed by atoms with E-state index < -0.39 is 6.04 Å². The number of ether oxygens (including phenoxy) is 1. The second-order valence-electron chi connectivity index (χ2n) is 9.44. The van der Waals surface area contributed by atoms with Gasteiger partial charge in [-0.3, -0.25) is 14.2 Å². The SMILES string of the molecule is CCN(CC)c1ccc(/C=c2/sc3n(c2=O)[C@H](c2ccc(OC)cc2)C(C(=O)Nc2ccccc2)=C(C)N=3)cc1. The number of nitrogens with zero attached hydrogens (tertiary/aromatic N) is 3. The van der Waals surface area contributed by atoms with Crippen molar-refractivity contribution in [3.63, 3.8) is 0 Å². The number of hydrogen-bond donors (Lipinski definition) is 1. The maximum atomic E-state index is 13.9. The minimum absolute atomic E-state index is 0.185. The maximum Gasteiger partial charge on any atom is 0.271 e. The van der Waals surface area contributed by atoms with Crippen LogP contribution in [-0.2, 0) is 4.79 Å². The van der Waals surface area contributed by atoms with Gasteiger partial charge in [-0.15, -0.1) is 0 Å². The molecule has 1 aliphatic heterocycles. The topological polar surface area (TPSA) is 75.9 Å². The fourth-order valence-electron chi connectivity index (χ4n) is 4.95. The molecular formula is C32H32N4O3S. The lowest BCUT2D eigenvalue weighted by Crippen LogP contribution is -2.40. The highest BCUT2D eigenvalue weighted by molar-refractivity contribution is 7.07. The Bertz CT molecular complexity index is 1720. The second-order valence-corrected chi connectivity index (χ2v) is 10.4. The first-order valence-electron chi connectivity index (χ1n) is 13.3. The molecule has 8 heteroatoms. The highest BCUT2D eigenvalue weighted by Crippen LogP contribution is 2.31. The van der Waals surface area contributed by atoms with E-state index in [2.05, 4.69) is 36.2 Å². The molecule has 204 valence electrons. The van der Waals surface area contributed by atoms with Crippen LogP contribution < -0.4 is 29.8 Å². The zero-order chi connectivity index (χ0) is 28.2. The van der Waals surface area contributed by atoms with Gasteiger partial charge in [0.05, 0.1) is 29.0 Å². The fourth-order valence-corrected chi connectivity index (χ4v) is 6.00. The molecule has 2 heterocycles. The summed E-state index contributed by atoms with van der Waals surface area (Å²) in [4.78, 5) is 35.2. The summed E-state index contributed by atoms with van der Waals surface area (Å²) in [7, 11) is 1.61. The van der Waals surface area contributed by atoms with Gasteiger partial charge in [0.25, 0.3) is 11.5 Å². The number of benzene rings is 3. The number of aromatic nitrogens is 1. The van der Waals surface area contributed by atoms with E-state index in [-0.39, 0.29) is 11.5 Å². The third kappa shape index (κ3) is 5.35. The lowest BCUT2D eigenvalue weighted by molar-refractivity contribution is -0.113. The summed E-state index contributed by atoms with van der Waals surface area (Å²) in [6, 6.07) is 24.3. The van der Waals surface area contributed by atoms with Crippen LogP contribution in [0.3, 0.4) is 0 Å². The zero-order valence-corrected chi connectivity index (χ0v) is 23.9. The van der Waals surface area contributed by atoms with Gasteiger partial charge in [0.1, 0.15) is 5.75 Å². The van der Waals surface area contributed by atoms with E-state index in [0.717, 1.165) is 29.9 Å². The molecule has 0 fully saturated rings. The minimum atomic E-state index is -0.641. The third-order valence-electron chi connectivity index (χ3n) is 7.05. The first-order chi connectivity index (χ1) is 19.4. The highest BCUT2D eigenvalue weighted by atomic mass is 32.1. The monoisotopic (exact) mass is 552 g/mol. The van der Waals surface area contributed by atoms with Gasteiger partial charge in [0.15, 0.2) is 4.80 Å². The van der Waals surface area contributed by atoms with Crippen molar-refractivity contribution in [2.45, 2.75) is 26.8 Å². The first-order valence-corrected chi connectivity index (χ1v) is 14.1. The molecule has 1 atom stereocenters. The van der Waals surface area contributed by atoms with Crippen LogP contribution in [0.2, 0.25) is 0 Å². The maximum absolute atomic E-state index is 13.9. The molecule has 0 saturated carbocycles. The number of carbonyl (C=O) groups is 1. The number of anilines is 2. The molecule has 40 heavy (non-hydrogen) atoms. The Morgan fingerprint density at radius 2 is 1.70 bits per heavy atom. The van der Waals surface area contributed by atoms with E-state index in [4.69, 9.17) is 9.73 Å². The van der Waals surface area contributed by atoms with Gasteiger partial charge < -0.3 is 15.0 Å². The lowest BCUT2D eigenvalue weighted by atomic mass is 9.95. The summed E-state index contributed by atoms with van der Waals surface area (Å²) < 4.78 is 7.54. The van der Waals surface area contributed by atoms with Crippen LogP contribution in [0.15, 0.2) is 99.9 Å². The van der Waals surface area contributed by atoms with Gasteiger partial charge in [-0.1, -0.05) is 53.8 Å². The van der Waals surface area contributed by atoms with Crippen molar-refractivity contribution in [3.8, 4) is 5.75 Å². The Morgan fingerprint density at radius 3 is 2.33 bits per heavy atom. The van der Waals surface area contributed by atoms with Crippen LogP contribution in [-0.4, -0.2) is 30.7 Å². The van der Waals surface area contributed by atoms with Crippen LogP contribution in [0.5, 0.6) is 5.75 Å². The molecule has 7 nitrogen and oxygen atoms in total. The number of para-hydroxylation sites is 1. The van der Waals surface area contributed by atoms with E-state index in [1.54, 1.807) is 11.7 Å². The molecule has 0 spiro atoms. The largest absolute Gasteiger partial charge is 0.497 e. The van der Waals surface area contributed by atoms with Crippen molar-refractivity contribution < 1.29 is 9.53 Å². The molecule has 3 aromatic carbocycles. The van der Waals surface area contributed by atoms with Crippen LogP contribution in [0, 0.1) is 0 Å². The summed E-state index contributed by atoms with van der Waals surface area (Å²) >= 11 is 1.33. The van der Waals surface area contributed by atoms with Crippen LogP contribution in [0.1, 0.15) is 37.9 Å². The molecule has 4 aromatic rings. The predicted octanol–water partition coefficient (Wildman–Crippen LogP) is 4.73. The van der Waals surface area contributed by atoms with Gasteiger partial charge in [-0.2, -0.15) is 0 Å². The Hall–Kier alpha value is -4.43. The van der Waals surface area contributed by atoms with Crippen molar-refractivity contribution in [2.75, 3.05) is 30.4 Å². The number of methoxy groups -OCH3 is 1. The van der Waals surface area contributed by atoms with E-state index >= 15 is 0 Å². The van der Waals surface area contributed by atoms with Gasteiger partial charge in [-0.25, -0.2) is 4.99 Å². The number of fused-ring (bicyclic) bond motifs is 1. The van der Waals surface area contributed by atoms with Gasteiger partial charge in [-0.05, 0) is 74.4 Å². The van der Waals surface area contributed by atoms with E-state index in [0.29, 0.717) is 32.0 Å². The Balaban J connectivity index is 1.61. The van der Waals surface area contributed by atoms with Crippen molar-refractivity contribution in [3.05, 3.63) is 121 Å². The molecule has 0 saturated heterocycles. The number of amides is 1. The fraction of sp³-hybridized carbons (Fsp3) is 0.219. The van der Waals surface area contributed by atoms with Crippen molar-refractivity contribution in [1.82, 2.24) is 4.57 Å². The lowest BCUT2D eigenvalue weighted by Gasteiger charge is -2.25. The minimum Gasteiger partial charge on any atom is -0.497 e. The molecule has 1 aliphatic rings. The Labute approximate surface area is 237 Å². The molecule has 1 N–H and O–H groups in total. The normalized spacial score (nSPS) is 14.9. The molecule has 1 amide bonds. The quantitative estimate of drug-likeness (QED) is 0.343. The molecule has 0 bridgehead atoms. The van der Waals surface area contributed by atoms with Crippen molar-refractivity contribution >= 4 is 34.7 Å². The molecule has 0 unspecified atom stereocenters. The van der Waals surface area contributed by atoms with Gasteiger partial charge in [0.2, 0.25) is 0 Å². The van der Waals surface area contributed by atoms with Gasteiger partial charge >= 0.3 is 0 Å². The van der Waals surface area contributed by atoms with Crippen molar-refractivity contribution in [2.24, 2.45) is 4.99 Å². The number of hydrogen-bond acceptors (Lipinski definition) is 6. The number of carbonyl (C=O) groups excluding carboxylic acids is 1. The van der Waals surface area contributed by atoms with E-state index in [1.165, 1.54) is 11.3 Å². The number of thiazole rings is 1. The summed E-state index contributed by atoms with van der Waals surface area (Å²) in [6.45, 7) is 7.94. The average Bonchev–Trinajstić information content (AvgIpc) is 3.28. The van der Waals surface area contributed by atoms with Crippen LogP contribution in [0.4, 0.5) is 11.4 Å². The summed E-state index contributed by atoms with van der Waals surface area (Å²) in [6.07, 6.45) is 1.89. The third-order valence-corrected chi connectivity index (χ3v) is 8.03. The molecule has 5 rings (SSSR count). The van der Waals surface area contributed by atoms with E-state index in [9.17, 15) is 9.59 Å². The summed E-state index contributed by atoms with van der Waals surface area (Å²) in [5.74, 6) is 0.398. The molecule has 0 aliphatic carbocycles. The number of nitrogens with one attached hydrogen (secondary N) is 1. The average molecular weight is 553 g/mol. The molecule has 0 radical (unpaired) electrons. The van der Waals surface area contributed by atoms with Crippen LogP contribution in [0.25, 0.3) is 6.08 Å². The Morgan fingerprint density at radius 1 is 1.02 bits per heavy atom.